The van der Waals surface area contributed by atoms with E-state index in [1.165, 1.54) is 18.9 Å². The maximum atomic E-state index is 12.2. The van der Waals surface area contributed by atoms with Gasteiger partial charge in [-0.05, 0) is 30.3 Å². The van der Waals surface area contributed by atoms with E-state index in [2.05, 4.69) is 15.5 Å². The van der Waals surface area contributed by atoms with E-state index in [9.17, 15) is 4.79 Å². The second kappa shape index (κ2) is 8.04. The second-order valence-electron chi connectivity index (χ2n) is 5.00. The molecule has 25 heavy (non-hydrogen) atoms. The molecule has 0 aliphatic rings. The van der Waals surface area contributed by atoms with E-state index in [4.69, 9.17) is 16.3 Å². The van der Waals surface area contributed by atoms with Crippen LogP contribution in [0.3, 0.4) is 0 Å². The Morgan fingerprint density at radius 3 is 2.84 bits per heavy atom. The van der Waals surface area contributed by atoms with Crippen molar-refractivity contribution in [3.63, 3.8) is 0 Å². The third-order valence-electron chi connectivity index (χ3n) is 3.32. The maximum absolute atomic E-state index is 12.2. The summed E-state index contributed by atoms with van der Waals surface area (Å²) in [6.45, 7) is 0. The van der Waals surface area contributed by atoms with Crippen molar-refractivity contribution in [2.24, 2.45) is 0 Å². The number of hydrogen-bond acceptors (Lipinski definition) is 5. The topological polar surface area (TPSA) is 69.0 Å². The van der Waals surface area contributed by atoms with Crippen LogP contribution in [0.2, 0.25) is 5.02 Å². The first kappa shape index (κ1) is 17.3. The maximum Gasteiger partial charge on any atom is 0.234 e. The number of aromatic nitrogens is 3. The molecule has 0 saturated carbocycles. The first-order chi connectivity index (χ1) is 12.2. The SMILES string of the molecule is COc1ccc(Cl)cc1NC(=O)CSc1nncn1-c1ccccc1. The zero-order chi connectivity index (χ0) is 17.6. The fraction of sp³-hybridized carbons (Fsp3) is 0.118. The number of rotatable bonds is 6. The average molecular weight is 375 g/mol. The molecule has 0 aliphatic carbocycles. The predicted octanol–water partition coefficient (Wildman–Crippen LogP) is 3.66. The van der Waals surface area contributed by atoms with Gasteiger partial charge in [0.25, 0.3) is 0 Å². The molecule has 6 nitrogen and oxygen atoms in total. The van der Waals surface area contributed by atoms with E-state index in [-0.39, 0.29) is 11.7 Å². The number of carbonyl (C=O) groups is 1. The van der Waals surface area contributed by atoms with Gasteiger partial charge in [-0.1, -0.05) is 41.6 Å². The predicted molar refractivity (Wildman–Crippen MR) is 98.7 cm³/mol. The van der Waals surface area contributed by atoms with Crippen LogP contribution in [-0.4, -0.2) is 33.5 Å². The number of nitrogens with one attached hydrogen (secondary N) is 1. The van der Waals surface area contributed by atoms with E-state index in [1.807, 2.05) is 34.9 Å². The van der Waals surface area contributed by atoms with Crippen molar-refractivity contribution in [3.05, 3.63) is 59.9 Å². The summed E-state index contributed by atoms with van der Waals surface area (Å²) in [7, 11) is 1.54. The second-order valence-corrected chi connectivity index (χ2v) is 6.38. The number of carbonyl (C=O) groups excluding carboxylic acids is 1. The molecule has 0 radical (unpaired) electrons. The highest BCUT2D eigenvalue weighted by molar-refractivity contribution is 7.99. The first-order valence-electron chi connectivity index (χ1n) is 7.39. The van der Waals surface area contributed by atoms with Crippen molar-refractivity contribution in [2.75, 3.05) is 18.2 Å². The summed E-state index contributed by atoms with van der Waals surface area (Å²) in [6, 6.07) is 14.8. The highest BCUT2D eigenvalue weighted by Gasteiger charge is 2.12. The Bertz CT molecular complexity index is 870. The Kier molecular flexibility index (Phi) is 5.57. The van der Waals surface area contributed by atoms with Gasteiger partial charge in [0.15, 0.2) is 5.16 Å². The minimum absolute atomic E-state index is 0.182. The number of nitrogens with zero attached hydrogens (tertiary/aromatic N) is 3. The smallest absolute Gasteiger partial charge is 0.234 e. The van der Waals surface area contributed by atoms with Gasteiger partial charge in [0.1, 0.15) is 12.1 Å². The number of thioether (sulfide) groups is 1. The van der Waals surface area contributed by atoms with Gasteiger partial charge in [-0.2, -0.15) is 0 Å². The van der Waals surface area contributed by atoms with Crippen LogP contribution in [0.1, 0.15) is 0 Å². The van der Waals surface area contributed by atoms with E-state index in [1.54, 1.807) is 24.5 Å². The summed E-state index contributed by atoms with van der Waals surface area (Å²) in [5, 5.41) is 11.9. The lowest BCUT2D eigenvalue weighted by molar-refractivity contribution is -0.113. The van der Waals surface area contributed by atoms with Crippen LogP contribution >= 0.6 is 23.4 Å². The normalized spacial score (nSPS) is 10.5. The van der Waals surface area contributed by atoms with Crippen molar-refractivity contribution < 1.29 is 9.53 Å². The molecular weight excluding hydrogens is 360 g/mol. The summed E-state index contributed by atoms with van der Waals surface area (Å²) >= 11 is 7.27. The molecule has 0 aliphatic heterocycles. The van der Waals surface area contributed by atoms with Crippen LogP contribution in [0.4, 0.5) is 5.69 Å². The summed E-state index contributed by atoms with van der Waals surface area (Å²) in [6.07, 6.45) is 1.62. The summed E-state index contributed by atoms with van der Waals surface area (Å²) < 4.78 is 7.05. The minimum Gasteiger partial charge on any atom is -0.495 e. The molecular formula is C17H15ClN4O2S. The third kappa shape index (κ3) is 4.32. The molecule has 3 aromatic rings. The van der Waals surface area contributed by atoms with Gasteiger partial charge in [-0.25, -0.2) is 0 Å². The number of amides is 1. The highest BCUT2D eigenvalue weighted by atomic mass is 35.5. The van der Waals surface area contributed by atoms with Gasteiger partial charge < -0.3 is 10.1 Å². The summed E-state index contributed by atoms with van der Waals surface area (Å²) in [4.78, 5) is 12.2. The number of ether oxygens (including phenoxy) is 1. The highest BCUT2D eigenvalue weighted by Crippen LogP contribution is 2.28. The molecule has 3 rings (SSSR count). The van der Waals surface area contributed by atoms with Gasteiger partial charge in [-0.15, -0.1) is 10.2 Å². The Balaban J connectivity index is 1.66. The number of methoxy groups -OCH3 is 1. The first-order valence-corrected chi connectivity index (χ1v) is 8.75. The number of hydrogen-bond donors (Lipinski definition) is 1. The number of anilines is 1. The number of benzene rings is 2. The summed E-state index contributed by atoms with van der Waals surface area (Å²) in [5.74, 6) is 0.546. The van der Waals surface area contributed by atoms with E-state index >= 15 is 0 Å². The molecule has 2 aromatic carbocycles. The molecule has 0 fully saturated rings. The number of halogens is 1. The molecule has 1 amide bonds. The Morgan fingerprint density at radius 2 is 2.08 bits per heavy atom. The lowest BCUT2D eigenvalue weighted by atomic mass is 10.3. The molecule has 128 valence electrons. The third-order valence-corrected chi connectivity index (χ3v) is 4.50. The fourth-order valence-corrected chi connectivity index (χ4v) is 3.08. The van der Waals surface area contributed by atoms with Gasteiger partial charge in [0.2, 0.25) is 5.91 Å². The zero-order valence-corrected chi connectivity index (χ0v) is 14.9. The van der Waals surface area contributed by atoms with Gasteiger partial charge in [-0.3, -0.25) is 9.36 Å². The minimum atomic E-state index is -0.187. The average Bonchev–Trinajstić information content (AvgIpc) is 3.09. The van der Waals surface area contributed by atoms with E-state index < -0.39 is 0 Å². The molecule has 1 aromatic heterocycles. The molecule has 0 atom stereocenters. The van der Waals surface area contributed by atoms with Crippen LogP contribution < -0.4 is 10.1 Å². The monoisotopic (exact) mass is 374 g/mol. The van der Waals surface area contributed by atoms with Crippen LogP contribution in [0.15, 0.2) is 60.0 Å². The number of para-hydroxylation sites is 1. The molecule has 1 heterocycles. The van der Waals surface area contributed by atoms with Crippen molar-refractivity contribution >= 4 is 35.0 Å². The molecule has 0 saturated heterocycles. The Morgan fingerprint density at radius 1 is 1.28 bits per heavy atom. The van der Waals surface area contributed by atoms with Crippen LogP contribution in [0.25, 0.3) is 5.69 Å². The molecule has 0 bridgehead atoms. The van der Waals surface area contributed by atoms with Crippen LogP contribution in [0.5, 0.6) is 5.75 Å². The quantitative estimate of drug-likeness (QED) is 0.667. The van der Waals surface area contributed by atoms with Crippen molar-refractivity contribution in [1.82, 2.24) is 14.8 Å². The van der Waals surface area contributed by atoms with Crippen LogP contribution in [-0.2, 0) is 4.79 Å². The molecule has 0 unspecified atom stereocenters. The largest absolute Gasteiger partial charge is 0.495 e. The zero-order valence-electron chi connectivity index (χ0n) is 13.3. The fourth-order valence-electron chi connectivity index (χ4n) is 2.18. The van der Waals surface area contributed by atoms with Crippen LogP contribution in [0, 0.1) is 0 Å². The van der Waals surface area contributed by atoms with E-state index in [0.29, 0.717) is 21.6 Å². The van der Waals surface area contributed by atoms with Crippen molar-refractivity contribution in [3.8, 4) is 11.4 Å². The lowest BCUT2D eigenvalue weighted by Crippen LogP contribution is -2.15. The Labute approximate surface area is 154 Å². The van der Waals surface area contributed by atoms with Gasteiger partial charge >= 0.3 is 0 Å². The van der Waals surface area contributed by atoms with Gasteiger partial charge in [0, 0.05) is 10.7 Å². The molecule has 0 spiro atoms. The molecule has 1 N–H and O–H groups in total. The lowest BCUT2D eigenvalue weighted by Gasteiger charge is -2.10. The standard InChI is InChI=1S/C17H15ClN4O2S/c1-24-15-8-7-12(18)9-14(15)20-16(23)10-25-17-21-19-11-22(17)13-5-3-2-4-6-13/h2-9,11H,10H2,1H3,(H,20,23). The van der Waals surface area contributed by atoms with Crippen molar-refractivity contribution in [2.45, 2.75) is 5.16 Å². The van der Waals surface area contributed by atoms with Crippen molar-refractivity contribution in [1.29, 1.82) is 0 Å². The summed E-state index contributed by atoms with van der Waals surface area (Å²) in [5.41, 5.74) is 1.47. The Hall–Kier alpha value is -2.51. The van der Waals surface area contributed by atoms with E-state index in [0.717, 1.165) is 5.69 Å². The molecule has 8 heteroatoms. The van der Waals surface area contributed by atoms with Gasteiger partial charge in [0.05, 0.1) is 18.6 Å².